The minimum absolute atomic E-state index is 0. The third-order valence-corrected chi connectivity index (χ3v) is 3.99. The lowest BCUT2D eigenvalue weighted by Crippen LogP contribution is -2.30. The summed E-state index contributed by atoms with van der Waals surface area (Å²) in [4.78, 5) is 25.4. The topological polar surface area (TPSA) is 84.7 Å². The fourth-order valence-electron chi connectivity index (χ4n) is 2.46. The average molecular weight is 356 g/mol. The van der Waals surface area contributed by atoms with Gasteiger partial charge in [-0.15, -0.1) is 12.4 Å². The lowest BCUT2D eigenvalue weighted by Gasteiger charge is -2.20. The number of carbonyl (C=O) groups excluding carboxylic acids is 2. The van der Waals surface area contributed by atoms with Crippen molar-refractivity contribution in [1.29, 1.82) is 0 Å². The van der Waals surface area contributed by atoms with E-state index >= 15 is 0 Å². The van der Waals surface area contributed by atoms with Crippen LogP contribution < -0.4 is 11.1 Å². The number of methoxy groups -OCH3 is 1. The van der Waals surface area contributed by atoms with Gasteiger partial charge in [0.15, 0.2) is 0 Å². The SMILES string of the molecule is COC(CN)CC(=O)Nc1ccc(CN(C(C)=O)C2CC2)cc1.Cl. The van der Waals surface area contributed by atoms with E-state index in [0.29, 0.717) is 19.1 Å². The fraction of sp³-hybridized carbons (Fsp3) is 0.529. The summed E-state index contributed by atoms with van der Waals surface area (Å²) in [5, 5.41) is 2.82. The van der Waals surface area contributed by atoms with Crippen LogP contribution in [0.1, 0.15) is 31.7 Å². The molecule has 1 fully saturated rings. The van der Waals surface area contributed by atoms with E-state index in [1.807, 2.05) is 29.2 Å². The van der Waals surface area contributed by atoms with Gasteiger partial charge in [-0.3, -0.25) is 9.59 Å². The van der Waals surface area contributed by atoms with Gasteiger partial charge in [0.2, 0.25) is 11.8 Å². The maximum absolute atomic E-state index is 11.9. The van der Waals surface area contributed by atoms with Gasteiger partial charge in [0, 0.05) is 38.9 Å². The molecule has 0 spiro atoms. The minimum atomic E-state index is -0.267. The van der Waals surface area contributed by atoms with E-state index in [2.05, 4.69) is 5.32 Å². The number of ether oxygens (including phenoxy) is 1. The van der Waals surface area contributed by atoms with Crippen molar-refractivity contribution < 1.29 is 14.3 Å². The number of nitrogens with one attached hydrogen (secondary N) is 1. The van der Waals surface area contributed by atoms with E-state index in [1.165, 1.54) is 0 Å². The first-order valence-corrected chi connectivity index (χ1v) is 7.92. The maximum atomic E-state index is 11.9. The van der Waals surface area contributed by atoms with Crippen molar-refractivity contribution in [3.05, 3.63) is 29.8 Å². The van der Waals surface area contributed by atoms with Crippen LogP contribution in [-0.2, 0) is 20.9 Å². The second-order valence-electron chi connectivity index (χ2n) is 5.92. The van der Waals surface area contributed by atoms with Gasteiger partial charge in [-0.1, -0.05) is 12.1 Å². The molecule has 1 unspecified atom stereocenters. The van der Waals surface area contributed by atoms with E-state index in [4.69, 9.17) is 10.5 Å². The van der Waals surface area contributed by atoms with Crippen molar-refractivity contribution >= 4 is 29.9 Å². The molecule has 2 amide bonds. The number of carbonyl (C=O) groups is 2. The van der Waals surface area contributed by atoms with E-state index in [9.17, 15) is 9.59 Å². The van der Waals surface area contributed by atoms with Crippen LogP contribution in [-0.4, -0.2) is 42.5 Å². The molecule has 1 saturated carbocycles. The Hall–Kier alpha value is -1.63. The third-order valence-electron chi connectivity index (χ3n) is 3.99. The van der Waals surface area contributed by atoms with Gasteiger partial charge in [0.25, 0.3) is 0 Å². The van der Waals surface area contributed by atoms with Crippen LogP contribution in [0.2, 0.25) is 0 Å². The zero-order valence-corrected chi connectivity index (χ0v) is 15.0. The van der Waals surface area contributed by atoms with Gasteiger partial charge in [0.05, 0.1) is 12.5 Å². The van der Waals surface area contributed by atoms with Crippen LogP contribution in [0.3, 0.4) is 0 Å². The monoisotopic (exact) mass is 355 g/mol. The van der Waals surface area contributed by atoms with Gasteiger partial charge in [0.1, 0.15) is 0 Å². The number of hydrogen-bond donors (Lipinski definition) is 2. The van der Waals surface area contributed by atoms with Crippen LogP contribution in [0, 0.1) is 0 Å². The van der Waals surface area contributed by atoms with Crippen LogP contribution in [0.25, 0.3) is 0 Å². The summed E-state index contributed by atoms with van der Waals surface area (Å²) < 4.78 is 5.10. The highest BCUT2D eigenvalue weighted by molar-refractivity contribution is 5.91. The standard InChI is InChI=1S/C17H25N3O3.ClH/c1-12(21)20(15-7-8-15)11-13-3-5-14(6-4-13)19-17(22)9-16(10-18)23-2;/h3-6,15-16H,7-11,18H2,1-2H3,(H,19,22);1H. The van der Waals surface area contributed by atoms with Crippen LogP contribution in [0.4, 0.5) is 5.69 Å². The molecule has 0 bridgehead atoms. The number of nitrogens with zero attached hydrogens (tertiary/aromatic N) is 1. The summed E-state index contributed by atoms with van der Waals surface area (Å²) in [6.07, 6.45) is 2.15. The molecule has 24 heavy (non-hydrogen) atoms. The van der Waals surface area contributed by atoms with E-state index in [1.54, 1.807) is 14.0 Å². The number of anilines is 1. The minimum Gasteiger partial charge on any atom is -0.380 e. The lowest BCUT2D eigenvalue weighted by atomic mass is 10.1. The van der Waals surface area contributed by atoms with Crippen molar-refractivity contribution in [2.75, 3.05) is 19.0 Å². The molecule has 1 aliphatic rings. The quantitative estimate of drug-likeness (QED) is 0.746. The Morgan fingerprint density at radius 1 is 1.33 bits per heavy atom. The Balaban J connectivity index is 0.00000288. The van der Waals surface area contributed by atoms with Gasteiger partial charge in [-0.25, -0.2) is 0 Å². The summed E-state index contributed by atoms with van der Waals surface area (Å²) in [5.41, 5.74) is 7.29. The molecular formula is C17H26ClN3O3. The van der Waals surface area contributed by atoms with Crippen molar-refractivity contribution in [2.45, 2.75) is 44.9 Å². The number of halogens is 1. The highest BCUT2D eigenvalue weighted by atomic mass is 35.5. The van der Waals surface area contributed by atoms with Gasteiger partial charge in [-0.05, 0) is 30.5 Å². The molecule has 1 aromatic rings. The summed E-state index contributed by atoms with van der Waals surface area (Å²) >= 11 is 0. The Labute approximate surface area is 149 Å². The van der Waals surface area contributed by atoms with Crippen molar-refractivity contribution in [3.8, 4) is 0 Å². The summed E-state index contributed by atoms with van der Waals surface area (Å²) in [7, 11) is 1.54. The number of amides is 2. The molecule has 134 valence electrons. The molecule has 0 radical (unpaired) electrons. The Morgan fingerprint density at radius 3 is 2.42 bits per heavy atom. The Bertz CT molecular complexity index is 543. The molecule has 0 saturated heterocycles. The average Bonchev–Trinajstić information content (AvgIpc) is 3.36. The van der Waals surface area contributed by atoms with E-state index < -0.39 is 0 Å². The van der Waals surface area contributed by atoms with Crippen molar-refractivity contribution in [3.63, 3.8) is 0 Å². The summed E-state index contributed by atoms with van der Waals surface area (Å²) in [6.45, 7) is 2.54. The molecule has 3 N–H and O–H groups in total. The highest BCUT2D eigenvalue weighted by Crippen LogP contribution is 2.28. The second kappa shape index (κ2) is 9.61. The molecular weight excluding hydrogens is 330 g/mol. The molecule has 1 aliphatic carbocycles. The molecule has 6 nitrogen and oxygen atoms in total. The lowest BCUT2D eigenvalue weighted by molar-refractivity contribution is -0.130. The smallest absolute Gasteiger partial charge is 0.227 e. The van der Waals surface area contributed by atoms with Crippen molar-refractivity contribution in [2.24, 2.45) is 5.73 Å². The van der Waals surface area contributed by atoms with Crippen molar-refractivity contribution in [1.82, 2.24) is 4.90 Å². The number of rotatable bonds is 8. The van der Waals surface area contributed by atoms with Crippen LogP contribution in [0.15, 0.2) is 24.3 Å². The number of nitrogens with two attached hydrogens (primary N) is 1. The third kappa shape index (κ3) is 6.11. The highest BCUT2D eigenvalue weighted by Gasteiger charge is 2.30. The number of benzene rings is 1. The first-order valence-electron chi connectivity index (χ1n) is 7.92. The molecule has 7 heteroatoms. The number of hydrogen-bond acceptors (Lipinski definition) is 4. The van der Waals surface area contributed by atoms with E-state index in [-0.39, 0.29) is 36.7 Å². The largest absolute Gasteiger partial charge is 0.380 e. The zero-order valence-electron chi connectivity index (χ0n) is 14.2. The summed E-state index contributed by atoms with van der Waals surface area (Å²) in [5.74, 6) is -0.0179. The molecule has 0 aliphatic heterocycles. The first-order chi connectivity index (χ1) is 11.0. The maximum Gasteiger partial charge on any atom is 0.227 e. The van der Waals surface area contributed by atoms with E-state index in [0.717, 1.165) is 24.1 Å². The molecule has 0 heterocycles. The predicted molar refractivity (Wildman–Crippen MR) is 96.0 cm³/mol. The fourth-order valence-corrected chi connectivity index (χ4v) is 2.46. The molecule has 2 rings (SSSR count). The Kier molecular flexibility index (Phi) is 8.18. The van der Waals surface area contributed by atoms with Crippen LogP contribution in [0.5, 0.6) is 0 Å². The Morgan fingerprint density at radius 2 is 1.96 bits per heavy atom. The van der Waals surface area contributed by atoms with Gasteiger partial charge >= 0.3 is 0 Å². The zero-order chi connectivity index (χ0) is 16.8. The predicted octanol–water partition coefficient (Wildman–Crippen LogP) is 1.92. The normalized spacial score (nSPS) is 14.5. The first kappa shape index (κ1) is 20.4. The molecule has 1 atom stereocenters. The molecule has 1 aromatic carbocycles. The molecule has 0 aromatic heterocycles. The van der Waals surface area contributed by atoms with Gasteiger partial charge < -0.3 is 20.7 Å². The second-order valence-corrected chi connectivity index (χ2v) is 5.92. The summed E-state index contributed by atoms with van der Waals surface area (Å²) in [6, 6.07) is 7.97. The van der Waals surface area contributed by atoms with Crippen LogP contribution >= 0.6 is 12.4 Å². The van der Waals surface area contributed by atoms with Gasteiger partial charge in [-0.2, -0.15) is 0 Å².